The number of aryl methyl sites for hydroxylation is 2. The summed E-state index contributed by atoms with van der Waals surface area (Å²) in [5.74, 6) is -0.0968. The van der Waals surface area contributed by atoms with Crippen LogP contribution in [0.25, 0.3) is 0 Å². The molecular weight excluding hydrogens is 312 g/mol. The van der Waals surface area contributed by atoms with Crippen LogP contribution in [0.2, 0.25) is 0 Å². The molecule has 2 heterocycles. The molecule has 0 aliphatic carbocycles. The summed E-state index contributed by atoms with van der Waals surface area (Å²) in [6, 6.07) is 8.86. The van der Waals surface area contributed by atoms with Gasteiger partial charge in [-0.2, -0.15) is 5.10 Å². The molecule has 0 spiro atoms. The fourth-order valence-corrected chi connectivity index (χ4v) is 3.62. The fraction of sp³-hybridized carbons (Fsp3) is 0.500. The summed E-state index contributed by atoms with van der Waals surface area (Å²) in [5, 5.41) is 7.30. The Labute approximate surface area is 150 Å². The molecule has 134 valence electrons. The van der Waals surface area contributed by atoms with Crippen LogP contribution in [0.1, 0.15) is 53.5 Å². The van der Waals surface area contributed by atoms with Gasteiger partial charge < -0.3 is 5.32 Å². The number of benzene rings is 1. The van der Waals surface area contributed by atoms with E-state index < -0.39 is 0 Å². The van der Waals surface area contributed by atoms with Crippen molar-refractivity contribution in [1.82, 2.24) is 14.7 Å². The standard InChI is InChI=1S/C20H28N4O/c1-14-7-5-6-12-24(14)13-17-8-10-18(11-9-17)21-20(25)19-15(2)22-23(4)16(19)3/h8-11,14H,5-7,12-13H2,1-4H3,(H,21,25)/t14-/m0/s1. The molecule has 1 aliphatic heterocycles. The van der Waals surface area contributed by atoms with Gasteiger partial charge in [0.2, 0.25) is 0 Å². The molecule has 1 aromatic carbocycles. The van der Waals surface area contributed by atoms with Crippen LogP contribution in [0.5, 0.6) is 0 Å². The number of rotatable bonds is 4. The van der Waals surface area contributed by atoms with Crippen LogP contribution in [0, 0.1) is 13.8 Å². The molecule has 1 aromatic heterocycles. The van der Waals surface area contributed by atoms with E-state index in [1.807, 2.05) is 33.0 Å². The van der Waals surface area contributed by atoms with Gasteiger partial charge >= 0.3 is 0 Å². The maximum Gasteiger partial charge on any atom is 0.259 e. The summed E-state index contributed by atoms with van der Waals surface area (Å²) in [6.07, 6.45) is 3.93. The van der Waals surface area contributed by atoms with Gasteiger partial charge in [0.05, 0.1) is 11.3 Å². The van der Waals surface area contributed by atoms with Crippen LogP contribution < -0.4 is 5.32 Å². The predicted octanol–water partition coefficient (Wildman–Crippen LogP) is 3.66. The summed E-state index contributed by atoms with van der Waals surface area (Å²) < 4.78 is 1.74. The number of amides is 1. The smallest absolute Gasteiger partial charge is 0.259 e. The molecule has 0 bridgehead atoms. The number of nitrogens with zero attached hydrogens (tertiary/aromatic N) is 3. The van der Waals surface area contributed by atoms with E-state index in [1.54, 1.807) is 4.68 Å². The number of hydrogen-bond donors (Lipinski definition) is 1. The number of hydrogen-bond acceptors (Lipinski definition) is 3. The average Bonchev–Trinajstić information content (AvgIpc) is 2.84. The van der Waals surface area contributed by atoms with Crippen LogP contribution in [0.3, 0.4) is 0 Å². The van der Waals surface area contributed by atoms with E-state index in [4.69, 9.17) is 0 Å². The second-order valence-corrected chi connectivity index (χ2v) is 7.14. The lowest BCUT2D eigenvalue weighted by Crippen LogP contribution is -2.36. The zero-order chi connectivity index (χ0) is 18.0. The first-order chi connectivity index (χ1) is 12.0. The Bertz CT molecular complexity index is 748. The van der Waals surface area contributed by atoms with E-state index >= 15 is 0 Å². The molecule has 1 atom stereocenters. The molecular formula is C20H28N4O. The highest BCUT2D eigenvalue weighted by atomic mass is 16.1. The van der Waals surface area contributed by atoms with Crippen molar-refractivity contribution < 1.29 is 4.79 Å². The summed E-state index contributed by atoms with van der Waals surface area (Å²) in [7, 11) is 1.86. The zero-order valence-electron chi connectivity index (χ0n) is 15.7. The fourth-order valence-electron chi connectivity index (χ4n) is 3.62. The van der Waals surface area contributed by atoms with Crippen LogP contribution in [-0.2, 0) is 13.6 Å². The first kappa shape index (κ1) is 17.7. The summed E-state index contributed by atoms with van der Waals surface area (Å²) in [5.41, 5.74) is 4.41. The third-order valence-corrected chi connectivity index (χ3v) is 5.27. The molecule has 5 heteroatoms. The van der Waals surface area contributed by atoms with Gasteiger partial charge in [0, 0.05) is 31.0 Å². The van der Waals surface area contributed by atoms with Gasteiger partial charge in [-0.05, 0) is 57.9 Å². The van der Waals surface area contributed by atoms with Crippen LogP contribution in [-0.4, -0.2) is 33.2 Å². The molecule has 0 radical (unpaired) electrons. The number of piperidine rings is 1. The first-order valence-electron chi connectivity index (χ1n) is 9.10. The molecule has 2 aromatic rings. The molecule has 0 saturated carbocycles. The molecule has 3 rings (SSSR count). The maximum atomic E-state index is 12.5. The monoisotopic (exact) mass is 340 g/mol. The van der Waals surface area contributed by atoms with Crippen molar-refractivity contribution in [3.05, 3.63) is 46.8 Å². The van der Waals surface area contributed by atoms with Gasteiger partial charge in [0.15, 0.2) is 0 Å². The number of anilines is 1. The minimum Gasteiger partial charge on any atom is -0.322 e. The van der Waals surface area contributed by atoms with Crippen LogP contribution >= 0.6 is 0 Å². The molecule has 1 saturated heterocycles. The van der Waals surface area contributed by atoms with Crippen LogP contribution in [0.4, 0.5) is 5.69 Å². The number of aromatic nitrogens is 2. The van der Waals surface area contributed by atoms with E-state index in [0.29, 0.717) is 11.6 Å². The Morgan fingerprint density at radius 1 is 1.24 bits per heavy atom. The first-order valence-corrected chi connectivity index (χ1v) is 9.10. The summed E-state index contributed by atoms with van der Waals surface area (Å²) >= 11 is 0. The van der Waals surface area contributed by atoms with Crippen molar-refractivity contribution in [2.75, 3.05) is 11.9 Å². The molecule has 1 fully saturated rings. The number of carbonyl (C=O) groups is 1. The van der Waals surface area contributed by atoms with E-state index in [2.05, 4.69) is 34.4 Å². The molecule has 0 unspecified atom stereocenters. The maximum absolute atomic E-state index is 12.5. The van der Waals surface area contributed by atoms with E-state index in [-0.39, 0.29) is 5.91 Å². The second-order valence-electron chi connectivity index (χ2n) is 7.14. The van der Waals surface area contributed by atoms with Gasteiger partial charge in [0.1, 0.15) is 0 Å². The normalized spacial score (nSPS) is 18.3. The van der Waals surface area contributed by atoms with E-state index in [9.17, 15) is 4.79 Å². The van der Waals surface area contributed by atoms with Crippen molar-refractivity contribution in [1.29, 1.82) is 0 Å². The minimum absolute atomic E-state index is 0.0968. The SMILES string of the molecule is Cc1nn(C)c(C)c1C(=O)Nc1ccc(CN2CCCC[C@@H]2C)cc1. The third-order valence-electron chi connectivity index (χ3n) is 5.27. The zero-order valence-corrected chi connectivity index (χ0v) is 15.7. The molecule has 1 amide bonds. The van der Waals surface area contributed by atoms with Gasteiger partial charge in [-0.15, -0.1) is 0 Å². The summed E-state index contributed by atoms with van der Waals surface area (Å²) in [4.78, 5) is 15.1. The van der Waals surface area contributed by atoms with Crippen molar-refractivity contribution in [2.45, 2.75) is 52.6 Å². The van der Waals surface area contributed by atoms with E-state index in [1.165, 1.54) is 31.4 Å². The third kappa shape index (κ3) is 3.93. The van der Waals surface area contributed by atoms with Crippen molar-refractivity contribution in [3.8, 4) is 0 Å². The second kappa shape index (κ2) is 7.40. The Morgan fingerprint density at radius 3 is 2.56 bits per heavy atom. The largest absolute Gasteiger partial charge is 0.322 e. The predicted molar refractivity (Wildman–Crippen MR) is 101 cm³/mol. The van der Waals surface area contributed by atoms with Crippen molar-refractivity contribution in [2.24, 2.45) is 7.05 Å². The van der Waals surface area contributed by atoms with Crippen molar-refractivity contribution in [3.63, 3.8) is 0 Å². The average molecular weight is 340 g/mol. The van der Waals surface area contributed by atoms with E-state index in [0.717, 1.165) is 23.6 Å². The molecule has 1 aliphatic rings. The number of carbonyl (C=O) groups excluding carboxylic acids is 1. The Kier molecular flexibility index (Phi) is 5.23. The highest BCUT2D eigenvalue weighted by Crippen LogP contribution is 2.20. The Balaban J connectivity index is 1.65. The van der Waals surface area contributed by atoms with Gasteiger partial charge in [-0.3, -0.25) is 14.4 Å². The summed E-state index contributed by atoms with van der Waals surface area (Å²) in [6.45, 7) is 8.25. The number of likely N-dealkylation sites (tertiary alicyclic amines) is 1. The van der Waals surface area contributed by atoms with Gasteiger partial charge in [0.25, 0.3) is 5.91 Å². The minimum atomic E-state index is -0.0968. The van der Waals surface area contributed by atoms with Crippen molar-refractivity contribution >= 4 is 11.6 Å². The Hall–Kier alpha value is -2.14. The lowest BCUT2D eigenvalue weighted by molar-refractivity contribution is 0.102. The molecule has 25 heavy (non-hydrogen) atoms. The highest BCUT2D eigenvalue weighted by Gasteiger charge is 2.19. The quantitative estimate of drug-likeness (QED) is 0.924. The number of nitrogens with one attached hydrogen (secondary N) is 1. The topological polar surface area (TPSA) is 50.2 Å². The molecule has 5 nitrogen and oxygen atoms in total. The van der Waals surface area contributed by atoms with Crippen LogP contribution in [0.15, 0.2) is 24.3 Å². The molecule has 1 N–H and O–H groups in total. The highest BCUT2D eigenvalue weighted by molar-refractivity contribution is 6.05. The van der Waals surface area contributed by atoms with Gasteiger partial charge in [-0.1, -0.05) is 18.6 Å². The van der Waals surface area contributed by atoms with Gasteiger partial charge in [-0.25, -0.2) is 0 Å². The lowest BCUT2D eigenvalue weighted by atomic mass is 10.0. The lowest BCUT2D eigenvalue weighted by Gasteiger charge is -2.33. The Morgan fingerprint density at radius 2 is 1.96 bits per heavy atom.